The summed E-state index contributed by atoms with van der Waals surface area (Å²) in [7, 11) is 1.35. The fourth-order valence-electron chi connectivity index (χ4n) is 3.00. The molecule has 2 N–H and O–H groups in total. The van der Waals surface area contributed by atoms with Gasteiger partial charge in [0, 0.05) is 0 Å². The molecule has 0 radical (unpaired) electrons. The molecule has 0 unspecified atom stereocenters. The van der Waals surface area contributed by atoms with E-state index in [4.69, 9.17) is 4.74 Å². The smallest absolute Gasteiger partial charge is 0.307 e. The monoisotopic (exact) mass is 373 g/mol. The molecule has 1 aliphatic rings. The van der Waals surface area contributed by atoms with Crippen LogP contribution in [0.1, 0.15) is 62.5 Å². The number of amides is 1. The number of methoxy groups -OCH3 is 1. The molecule has 0 bridgehead atoms. The molecule has 1 aliphatic heterocycles. The third kappa shape index (κ3) is 5.40. The van der Waals surface area contributed by atoms with Gasteiger partial charge >= 0.3 is 5.97 Å². The van der Waals surface area contributed by atoms with Gasteiger partial charge in [-0.25, -0.2) is 4.68 Å². The summed E-state index contributed by atoms with van der Waals surface area (Å²) < 4.78 is 6.53. The number of carbonyl (C=O) groups is 2. The van der Waals surface area contributed by atoms with Crippen LogP contribution in [-0.2, 0) is 9.53 Å². The van der Waals surface area contributed by atoms with E-state index in [2.05, 4.69) is 20.9 Å². The molecule has 1 aromatic rings. The molecule has 1 aromatic heterocycles. The Hall–Kier alpha value is -1.67. The largest absolute Gasteiger partial charge is 0.469 e. The van der Waals surface area contributed by atoms with Gasteiger partial charge in [-0.3, -0.25) is 9.59 Å². The summed E-state index contributed by atoms with van der Waals surface area (Å²) >= 11 is 0. The van der Waals surface area contributed by atoms with Crippen molar-refractivity contribution in [2.75, 3.05) is 20.2 Å². The number of ether oxygens (including phenoxy) is 1. The lowest BCUT2D eigenvalue weighted by atomic mass is 9.88. The summed E-state index contributed by atoms with van der Waals surface area (Å²) in [5.74, 6) is -0.639. The predicted molar refractivity (Wildman–Crippen MR) is 95.8 cm³/mol. The van der Waals surface area contributed by atoms with Crippen molar-refractivity contribution >= 4 is 24.3 Å². The van der Waals surface area contributed by atoms with E-state index in [9.17, 15) is 9.59 Å². The molecule has 0 spiro atoms. The summed E-state index contributed by atoms with van der Waals surface area (Å²) in [5, 5.41) is 14.4. The number of piperidine rings is 1. The number of hydrogen-bond acceptors (Lipinski definition) is 6. The van der Waals surface area contributed by atoms with E-state index in [0.717, 1.165) is 25.9 Å². The van der Waals surface area contributed by atoms with E-state index < -0.39 is 5.54 Å². The fraction of sp³-hybridized carbons (Fsp3) is 0.750. The number of carbonyl (C=O) groups excluding carboxylic acids is 2. The number of hydrogen-bond donors (Lipinski definition) is 2. The van der Waals surface area contributed by atoms with Crippen molar-refractivity contribution in [1.29, 1.82) is 0 Å². The topological polar surface area (TPSA) is 98.1 Å². The first-order valence-corrected chi connectivity index (χ1v) is 8.55. The van der Waals surface area contributed by atoms with E-state index in [1.165, 1.54) is 7.11 Å². The van der Waals surface area contributed by atoms with Crippen LogP contribution < -0.4 is 10.6 Å². The maximum atomic E-state index is 12.6. The molecule has 2 rings (SSSR count). The van der Waals surface area contributed by atoms with Crippen molar-refractivity contribution in [2.24, 2.45) is 0 Å². The highest BCUT2D eigenvalue weighted by Crippen LogP contribution is 2.22. The van der Waals surface area contributed by atoms with Crippen LogP contribution >= 0.6 is 12.4 Å². The van der Waals surface area contributed by atoms with Crippen LogP contribution in [0.2, 0.25) is 0 Å². The lowest BCUT2D eigenvalue weighted by molar-refractivity contribution is -0.142. The average Bonchev–Trinajstić information content (AvgIpc) is 3.12. The Balaban J connectivity index is 0.00000312. The van der Waals surface area contributed by atoms with Crippen molar-refractivity contribution < 1.29 is 14.3 Å². The van der Waals surface area contributed by atoms with Gasteiger partial charge in [0.05, 0.1) is 31.3 Å². The lowest BCUT2D eigenvalue weighted by Crippen LogP contribution is -2.49. The van der Waals surface area contributed by atoms with Crippen molar-refractivity contribution in [3.05, 3.63) is 11.9 Å². The molecule has 0 aromatic carbocycles. The summed E-state index contributed by atoms with van der Waals surface area (Å²) in [6, 6.07) is 0.275. The zero-order valence-electron chi connectivity index (χ0n) is 15.1. The SMILES string of the molecule is CCC(CC)(CC(=O)OC)NC(=O)c1cn(C2CCNCC2)nn1.Cl. The fourth-order valence-corrected chi connectivity index (χ4v) is 3.00. The van der Waals surface area contributed by atoms with Crippen molar-refractivity contribution in [3.63, 3.8) is 0 Å². The van der Waals surface area contributed by atoms with Gasteiger partial charge in [-0.05, 0) is 38.8 Å². The lowest BCUT2D eigenvalue weighted by Gasteiger charge is -2.31. The van der Waals surface area contributed by atoms with E-state index >= 15 is 0 Å². The van der Waals surface area contributed by atoms with Gasteiger partial charge in [-0.15, -0.1) is 17.5 Å². The van der Waals surface area contributed by atoms with Gasteiger partial charge in [-0.2, -0.15) is 0 Å². The average molecular weight is 374 g/mol. The van der Waals surface area contributed by atoms with E-state index in [-0.39, 0.29) is 42.4 Å². The second kappa shape index (κ2) is 9.72. The number of nitrogens with zero attached hydrogens (tertiary/aromatic N) is 3. The normalized spacial score (nSPS) is 15.3. The first kappa shape index (κ1) is 21.4. The van der Waals surface area contributed by atoms with Gasteiger partial charge in [0.15, 0.2) is 5.69 Å². The van der Waals surface area contributed by atoms with E-state index in [1.807, 2.05) is 13.8 Å². The summed E-state index contributed by atoms with van der Waals surface area (Å²) in [6.07, 6.45) is 5.05. The molecule has 1 fully saturated rings. The number of esters is 1. The van der Waals surface area contributed by atoms with Crippen molar-refractivity contribution in [3.8, 4) is 0 Å². The molecule has 1 saturated heterocycles. The van der Waals surface area contributed by atoms with Gasteiger partial charge in [0.25, 0.3) is 5.91 Å². The van der Waals surface area contributed by atoms with Gasteiger partial charge in [0.1, 0.15) is 0 Å². The molecule has 2 heterocycles. The first-order valence-electron chi connectivity index (χ1n) is 8.55. The zero-order valence-corrected chi connectivity index (χ0v) is 15.9. The molecule has 9 heteroatoms. The predicted octanol–water partition coefficient (Wildman–Crippen LogP) is 1.48. The number of rotatable bonds is 7. The molecule has 142 valence electrons. The Bertz CT molecular complexity index is 568. The highest BCUT2D eigenvalue weighted by Gasteiger charge is 2.32. The first-order chi connectivity index (χ1) is 11.5. The maximum Gasteiger partial charge on any atom is 0.307 e. The van der Waals surface area contributed by atoms with Crippen LogP contribution in [0.25, 0.3) is 0 Å². The van der Waals surface area contributed by atoms with Crippen LogP contribution in [0, 0.1) is 0 Å². The summed E-state index contributed by atoms with van der Waals surface area (Å²) in [5.41, 5.74) is -0.340. The Labute approximate surface area is 154 Å². The molecule has 0 aliphatic carbocycles. The Morgan fingerprint density at radius 1 is 1.36 bits per heavy atom. The van der Waals surface area contributed by atoms with Crippen molar-refractivity contribution in [2.45, 2.75) is 57.5 Å². The molecule has 0 atom stereocenters. The number of halogens is 1. The second-order valence-electron chi connectivity index (χ2n) is 6.26. The Kier molecular flexibility index (Phi) is 8.31. The zero-order chi connectivity index (χ0) is 17.6. The van der Waals surface area contributed by atoms with Gasteiger partial charge in [-0.1, -0.05) is 19.1 Å². The summed E-state index contributed by atoms with van der Waals surface area (Å²) in [4.78, 5) is 24.2. The number of nitrogens with one attached hydrogen (secondary N) is 2. The molecular formula is C16H28ClN5O3. The highest BCUT2D eigenvalue weighted by molar-refractivity contribution is 5.92. The minimum Gasteiger partial charge on any atom is -0.469 e. The van der Waals surface area contributed by atoms with Gasteiger partial charge in [0.2, 0.25) is 0 Å². The van der Waals surface area contributed by atoms with Crippen LogP contribution in [0.15, 0.2) is 6.20 Å². The molecule has 8 nitrogen and oxygen atoms in total. The molecule has 1 amide bonds. The van der Waals surface area contributed by atoms with E-state index in [0.29, 0.717) is 12.8 Å². The van der Waals surface area contributed by atoms with Crippen LogP contribution in [0.5, 0.6) is 0 Å². The minimum absolute atomic E-state index is 0. The third-order valence-corrected chi connectivity index (χ3v) is 4.87. The quantitative estimate of drug-likeness (QED) is 0.702. The molecule has 0 saturated carbocycles. The standard InChI is InChI=1S/C16H27N5O3.ClH/c1-4-16(5-2,10-14(22)24-3)18-15(23)13-11-21(20-19-13)12-6-8-17-9-7-12;/h11-12,17H,4-10H2,1-3H3,(H,18,23);1H. The van der Waals surface area contributed by atoms with Gasteiger partial charge < -0.3 is 15.4 Å². The van der Waals surface area contributed by atoms with E-state index in [1.54, 1.807) is 10.9 Å². The maximum absolute atomic E-state index is 12.6. The minimum atomic E-state index is -0.622. The second-order valence-corrected chi connectivity index (χ2v) is 6.26. The van der Waals surface area contributed by atoms with Crippen molar-refractivity contribution in [1.82, 2.24) is 25.6 Å². The van der Waals surface area contributed by atoms with Crippen LogP contribution in [0.4, 0.5) is 0 Å². The van der Waals surface area contributed by atoms with Crippen LogP contribution in [-0.4, -0.2) is 52.6 Å². The molecule has 25 heavy (non-hydrogen) atoms. The molecular weight excluding hydrogens is 346 g/mol. The Morgan fingerprint density at radius 3 is 2.56 bits per heavy atom. The third-order valence-electron chi connectivity index (χ3n) is 4.87. The van der Waals surface area contributed by atoms with Crippen LogP contribution in [0.3, 0.4) is 0 Å². The highest BCUT2D eigenvalue weighted by atomic mass is 35.5. The number of aromatic nitrogens is 3. The summed E-state index contributed by atoms with van der Waals surface area (Å²) in [6.45, 7) is 5.77. The Morgan fingerprint density at radius 2 is 2.00 bits per heavy atom.